The van der Waals surface area contributed by atoms with Crippen molar-refractivity contribution in [2.24, 2.45) is 5.10 Å². The summed E-state index contributed by atoms with van der Waals surface area (Å²) in [6.45, 7) is 1.92. The molecule has 0 aliphatic heterocycles. The summed E-state index contributed by atoms with van der Waals surface area (Å²) in [5.41, 5.74) is 0.995. The van der Waals surface area contributed by atoms with Crippen LogP contribution in [0.4, 0.5) is 0 Å². The highest BCUT2D eigenvalue weighted by Crippen LogP contribution is 2.27. The summed E-state index contributed by atoms with van der Waals surface area (Å²) >= 11 is 0. The highest BCUT2D eigenvalue weighted by molar-refractivity contribution is 7.89. The minimum Gasteiger partial charge on any atom is -0.200 e. The molecule has 0 atom stereocenters. The molecule has 5 rings (SSSR count). The standard InChI is InChI=1S/C26H20N2O2S/c1-18-14-16-19(17-15-18)31(29,30)28-27-26-24-12-6-4-10-22(24)20-8-2-3-9-21(20)23-11-5-7-13-25(23)26/h2-17,28H,1H3. The summed E-state index contributed by atoms with van der Waals surface area (Å²) < 4.78 is 25.8. The van der Waals surface area contributed by atoms with E-state index in [-0.39, 0.29) is 4.90 Å². The second-order valence-corrected chi connectivity index (χ2v) is 9.17. The molecule has 5 heteroatoms. The van der Waals surface area contributed by atoms with E-state index in [0.29, 0.717) is 5.36 Å². The zero-order valence-electron chi connectivity index (χ0n) is 16.9. The third kappa shape index (κ3) is 3.43. The molecule has 4 nitrogen and oxygen atoms in total. The van der Waals surface area contributed by atoms with Gasteiger partial charge in [-0.3, -0.25) is 0 Å². The van der Waals surface area contributed by atoms with Crippen molar-refractivity contribution in [3.05, 3.63) is 108 Å². The fourth-order valence-corrected chi connectivity index (χ4v) is 4.75. The topological polar surface area (TPSA) is 58.5 Å². The van der Waals surface area contributed by atoms with Crippen LogP contribution in [0.3, 0.4) is 0 Å². The lowest BCUT2D eigenvalue weighted by molar-refractivity contribution is 0.583. The van der Waals surface area contributed by atoms with Gasteiger partial charge in [0.15, 0.2) is 0 Å². The van der Waals surface area contributed by atoms with Crippen molar-refractivity contribution in [3.63, 3.8) is 0 Å². The molecular formula is C26H20N2O2S. The fourth-order valence-electron chi connectivity index (χ4n) is 3.94. The molecule has 0 fully saturated rings. The molecule has 5 aromatic rings. The van der Waals surface area contributed by atoms with Crippen LogP contribution >= 0.6 is 0 Å². The highest BCUT2D eigenvalue weighted by Gasteiger charge is 2.13. The van der Waals surface area contributed by atoms with E-state index in [1.54, 1.807) is 24.3 Å². The maximum absolute atomic E-state index is 12.9. The molecule has 0 aliphatic rings. The van der Waals surface area contributed by atoms with Gasteiger partial charge in [0.2, 0.25) is 0 Å². The van der Waals surface area contributed by atoms with Crippen LogP contribution in [0.1, 0.15) is 5.56 Å². The van der Waals surface area contributed by atoms with E-state index in [2.05, 4.69) is 22.1 Å². The maximum atomic E-state index is 12.9. The Labute approximate surface area is 180 Å². The van der Waals surface area contributed by atoms with Gasteiger partial charge >= 0.3 is 0 Å². The third-order valence-corrected chi connectivity index (χ3v) is 6.71. The molecule has 31 heavy (non-hydrogen) atoms. The van der Waals surface area contributed by atoms with E-state index in [0.717, 1.165) is 37.9 Å². The summed E-state index contributed by atoms with van der Waals surface area (Å²) in [5.74, 6) is 0. The van der Waals surface area contributed by atoms with Crippen LogP contribution < -0.4 is 10.2 Å². The zero-order valence-corrected chi connectivity index (χ0v) is 17.7. The maximum Gasteiger partial charge on any atom is 0.276 e. The zero-order chi connectivity index (χ0) is 21.4. The number of fused-ring (bicyclic) bond motifs is 5. The van der Waals surface area contributed by atoms with Gasteiger partial charge in [-0.15, -0.1) is 0 Å². The second kappa shape index (κ2) is 7.52. The largest absolute Gasteiger partial charge is 0.276 e. The summed E-state index contributed by atoms with van der Waals surface area (Å²) in [7, 11) is -3.80. The first-order valence-corrected chi connectivity index (χ1v) is 11.5. The predicted molar refractivity (Wildman–Crippen MR) is 126 cm³/mol. The summed E-state index contributed by atoms with van der Waals surface area (Å²) in [6.07, 6.45) is 0. The fraction of sp³-hybridized carbons (Fsp3) is 0.0385. The van der Waals surface area contributed by atoms with Gasteiger partial charge in [0.1, 0.15) is 0 Å². The van der Waals surface area contributed by atoms with E-state index < -0.39 is 10.0 Å². The first-order chi connectivity index (χ1) is 15.0. The molecule has 0 radical (unpaired) electrons. The molecule has 0 saturated carbocycles. The van der Waals surface area contributed by atoms with Crippen molar-refractivity contribution in [3.8, 4) is 0 Å². The Morgan fingerprint density at radius 2 is 0.968 bits per heavy atom. The molecule has 0 aliphatic carbocycles. The Balaban J connectivity index is 1.86. The molecule has 0 amide bonds. The molecule has 152 valence electrons. The monoisotopic (exact) mass is 424 g/mol. The molecular weight excluding hydrogens is 404 g/mol. The lowest BCUT2D eigenvalue weighted by Crippen LogP contribution is -2.22. The van der Waals surface area contributed by atoms with E-state index in [1.807, 2.05) is 67.6 Å². The normalized spacial score (nSPS) is 11.6. The van der Waals surface area contributed by atoms with Crippen molar-refractivity contribution >= 4 is 42.3 Å². The van der Waals surface area contributed by atoms with Crippen LogP contribution in [0, 0.1) is 6.92 Å². The minimum atomic E-state index is -3.80. The number of hydrogen-bond acceptors (Lipinski definition) is 3. The van der Waals surface area contributed by atoms with Crippen LogP contribution in [0.25, 0.3) is 32.3 Å². The first kappa shape index (κ1) is 19.3. The van der Waals surface area contributed by atoms with Gasteiger partial charge < -0.3 is 0 Å². The average Bonchev–Trinajstić information content (AvgIpc) is 2.91. The van der Waals surface area contributed by atoms with E-state index in [9.17, 15) is 8.42 Å². The summed E-state index contributed by atoms with van der Waals surface area (Å²) in [6, 6.07) is 30.8. The number of rotatable bonds is 3. The van der Waals surface area contributed by atoms with E-state index in [4.69, 9.17) is 0 Å². The van der Waals surface area contributed by atoms with Gasteiger partial charge in [0, 0.05) is 10.8 Å². The number of aryl methyl sites for hydroxylation is 1. The van der Waals surface area contributed by atoms with Crippen LogP contribution in [-0.2, 0) is 10.0 Å². The third-order valence-electron chi connectivity index (χ3n) is 5.48. The van der Waals surface area contributed by atoms with Gasteiger partial charge in [-0.1, -0.05) is 90.5 Å². The van der Waals surface area contributed by atoms with Crippen molar-refractivity contribution in [2.45, 2.75) is 11.8 Å². The second-order valence-electron chi connectivity index (χ2n) is 7.50. The van der Waals surface area contributed by atoms with Crippen molar-refractivity contribution in [2.75, 3.05) is 0 Å². The van der Waals surface area contributed by atoms with Crippen LogP contribution in [0.2, 0.25) is 0 Å². The van der Waals surface area contributed by atoms with Crippen LogP contribution in [-0.4, -0.2) is 8.42 Å². The average molecular weight is 425 g/mol. The molecule has 0 bridgehead atoms. The molecule has 1 N–H and O–H groups in total. The van der Waals surface area contributed by atoms with Crippen molar-refractivity contribution < 1.29 is 8.42 Å². The number of sulfonamides is 1. The molecule has 5 aromatic carbocycles. The van der Waals surface area contributed by atoms with Gasteiger partial charge in [-0.25, -0.2) is 0 Å². The lowest BCUT2D eigenvalue weighted by Gasteiger charge is -2.04. The van der Waals surface area contributed by atoms with E-state index >= 15 is 0 Å². The minimum absolute atomic E-state index is 0.181. The van der Waals surface area contributed by atoms with Crippen LogP contribution in [0.15, 0.2) is 107 Å². The van der Waals surface area contributed by atoms with Gasteiger partial charge in [-0.2, -0.15) is 18.4 Å². The Bertz CT molecular complexity index is 1540. The molecule has 0 heterocycles. The highest BCUT2D eigenvalue weighted by atomic mass is 32.2. The van der Waals surface area contributed by atoms with Gasteiger partial charge in [0.25, 0.3) is 10.0 Å². The SMILES string of the molecule is Cc1ccc(S(=O)(=O)NN=c2c3ccccc3c3ccccc3c3ccccc23)cc1. The van der Waals surface area contributed by atoms with Gasteiger partial charge in [0.05, 0.1) is 10.3 Å². The number of nitrogens with one attached hydrogen (secondary N) is 1. The molecule has 0 spiro atoms. The lowest BCUT2D eigenvalue weighted by atomic mass is 10.1. The summed E-state index contributed by atoms with van der Waals surface area (Å²) in [4.78, 5) is 2.64. The van der Waals surface area contributed by atoms with Crippen molar-refractivity contribution in [1.29, 1.82) is 0 Å². The molecule has 0 aromatic heterocycles. The molecule has 0 saturated heterocycles. The Kier molecular flexibility index (Phi) is 4.68. The smallest absolute Gasteiger partial charge is 0.200 e. The number of benzene rings is 4. The quantitative estimate of drug-likeness (QED) is 0.402. The Hall–Kier alpha value is -3.70. The van der Waals surface area contributed by atoms with Crippen LogP contribution in [0.5, 0.6) is 0 Å². The van der Waals surface area contributed by atoms with E-state index in [1.165, 1.54) is 0 Å². The molecule has 0 unspecified atom stereocenters. The number of hydrogen-bond donors (Lipinski definition) is 1. The Morgan fingerprint density at radius 1 is 0.581 bits per heavy atom. The van der Waals surface area contributed by atoms with Gasteiger partial charge in [-0.05, 0) is 40.6 Å². The predicted octanol–water partition coefficient (Wildman–Crippen LogP) is 5.25. The number of nitrogens with zero attached hydrogens (tertiary/aromatic N) is 1. The summed E-state index contributed by atoms with van der Waals surface area (Å²) in [5, 5.41) is 11.0. The first-order valence-electron chi connectivity index (χ1n) is 9.99. The van der Waals surface area contributed by atoms with Crippen molar-refractivity contribution in [1.82, 2.24) is 4.83 Å². The Morgan fingerprint density at radius 3 is 1.42 bits per heavy atom.